The largest absolute Gasteiger partial charge is 0.381 e. The number of anilines is 3. The van der Waals surface area contributed by atoms with Gasteiger partial charge in [-0.2, -0.15) is 9.61 Å². The van der Waals surface area contributed by atoms with Crippen LogP contribution in [0.2, 0.25) is 0 Å². The van der Waals surface area contributed by atoms with Gasteiger partial charge in [0.1, 0.15) is 22.9 Å². The zero-order valence-corrected chi connectivity index (χ0v) is 20.9. The Morgan fingerprint density at radius 3 is 2.92 bits per heavy atom. The van der Waals surface area contributed by atoms with Crippen LogP contribution in [-0.4, -0.2) is 64.1 Å². The van der Waals surface area contributed by atoms with E-state index < -0.39 is 0 Å². The smallest absolute Gasteiger partial charge is 0.274 e. The molecule has 3 aromatic heterocycles. The van der Waals surface area contributed by atoms with Gasteiger partial charge in [0.25, 0.3) is 11.5 Å². The Balaban J connectivity index is 1.17. The number of fused-ring (bicyclic) bond motifs is 3. The van der Waals surface area contributed by atoms with E-state index in [1.807, 2.05) is 12.3 Å². The maximum atomic E-state index is 13.3. The molecule has 11 nitrogen and oxygen atoms in total. The molecule has 0 aromatic carbocycles. The van der Waals surface area contributed by atoms with Crippen LogP contribution < -0.4 is 21.5 Å². The van der Waals surface area contributed by atoms with Crippen molar-refractivity contribution in [3.63, 3.8) is 0 Å². The fraction of sp³-hybridized carbons (Fsp3) is 0.538. The van der Waals surface area contributed by atoms with Crippen molar-refractivity contribution in [2.75, 3.05) is 38.0 Å². The summed E-state index contributed by atoms with van der Waals surface area (Å²) in [5.41, 5.74) is 1.09. The number of amides is 1. The maximum absolute atomic E-state index is 13.3. The van der Waals surface area contributed by atoms with E-state index in [1.165, 1.54) is 0 Å². The number of methoxy groups -OCH3 is 1. The second-order valence-electron chi connectivity index (χ2n) is 10.7. The van der Waals surface area contributed by atoms with E-state index in [9.17, 15) is 9.59 Å². The molecule has 4 fully saturated rings. The average Bonchev–Trinajstić information content (AvgIpc) is 3.67. The lowest BCUT2D eigenvalue weighted by molar-refractivity contribution is 0.0353. The first-order valence-corrected chi connectivity index (χ1v) is 13.0. The summed E-state index contributed by atoms with van der Waals surface area (Å²) in [6.07, 6.45) is 7.40. The van der Waals surface area contributed by atoms with Crippen molar-refractivity contribution in [1.82, 2.24) is 24.5 Å². The van der Waals surface area contributed by atoms with Crippen LogP contribution in [0.4, 0.5) is 17.3 Å². The molecule has 2 unspecified atom stereocenters. The van der Waals surface area contributed by atoms with E-state index in [1.54, 1.807) is 41.6 Å². The van der Waals surface area contributed by atoms with Crippen molar-refractivity contribution in [3.05, 3.63) is 46.5 Å². The average molecular weight is 506 g/mol. The third-order valence-electron chi connectivity index (χ3n) is 8.84. The zero-order valence-electron chi connectivity index (χ0n) is 20.9. The van der Waals surface area contributed by atoms with Crippen molar-refractivity contribution in [2.24, 2.45) is 17.8 Å². The molecule has 4 heterocycles. The first-order valence-electron chi connectivity index (χ1n) is 13.0. The van der Waals surface area contributed by atoms with Gasteiger partial charge in [-0.1, -0.05) is 0 Å². The quantitative estimate of drug-likeness (QED) is 0.447. The predicted molar refractivity (Wildman–Crippen MR) is 136 cm³/mol. The Kier molecular flexibility index (Phi) is 5.09. The second-order valence-corrected chi connectivity index (χ2v) is 10.7. The molecule has 1 amide bonds. The van der Waals surface area contributed by atoms with Gasteiger partial charge in [0, 0.05) is 56.3 Å². The van der Waals surface area contributed by atoms with Crippen LogP contribution in [0.1, 0.15) is 42.1 Å². The highest BCUT2D eigenvalue weighted by Crippen LogP contribution is 2.56. The molecule has 1 aliphatic heterocycles. The third kappa shape index (κ3) is 3.55. The normalized spacial score (nSPS) is 31.5. The number of carbonyl (C=O) groups excluding carboxylic acids is 1. The third-order valence-corrected chi connectivity index (χ3v) is 8.84. The Morgan fingerprint density at radius 1 is 1.30 bits per heavy atom. The van der Waals surface area contributed by atoms with Crippen molar-refractivity contribution in [3.8, 4) is 0 Å². The predicted octanol–water partition coefficient (Wildman–Crippen LogP) is 2.18. The number of aromatic nitrogens is 4. The highest BCUT2D eigenvalue weighted by Gasteiger charge is 2.60. The SMILES string of the molecule is CNc1cc(Nc2cccn(C3[C@H]4COC[C@@H]34)c2=O)nc2c(C(=O)N[C@@H]3CCC[C@]4(OC)CC34)cnn12. The van der Waals surface area contributed by atoms with Gasteiger partial charge in [0.2, 0.25) is 0 Å². The van der Waals surface area contributed by atoms with Gasteiger partial charge < -0.3 is 30.0 Å². The highest BCUT2D eigenvalue weighted by atomic mass is 16.5. The van der Waals surface area contributed by atoms with Crippen molar-refractivity contribution < 1.29 is 14.3 Å². The lowest BCUT2D eigenvalue weighted by Crippen LogP contribution is -2.41. The molecule has 37 heavy (non-hydrogen) atoms. The Hall–Kier alpha value is -3.44. The number of pyridine rings is 1. The summed E-state index contributed by atoms with van der Waals surface area (Å²) < 4.78 is 14.6. The van der Waals surface area contributed by atoms with Crippen LogP contribution in [0.5, 0.6) is 0 Å². The topological polar surface area (TPSA) is 124 Å². The molecule has 3 aliphatic carbocycles. The van der Waals surface area contributed by atoms with Gasteiger partial charge in [-0.3, -0.25) is 9.59 Å². The number of hydrogen-bond donors (Lipinski definition) is 3. The molecule has 3 N–H and O–H groups in total. The number of rotatable bonds is 7. The minimum absolute atomic E-state index is 0.0688. The van der Waals surface area contributed by atoms with E-state index in [-0.39, 0.29) is 29.2 Å². The fourth-order valence-electron chi connectivity index (χ4n) is 6.65. The van der Waals surface area contributed by atoms with Crippen LogP contribution in [0.15, 0.2) is 35.4 Å². The summed E-state index contributed by atoms with van der Waals surface area (Å²) in [7, 11) is 3.54. The van der Waals surface area contributed by atoms with Crippen molar-refractivity contribution in [2.45, 2.75) is 43.4 Å². The lowest BCUT2D eigenvalue weighted by Gasteiger charge is -2.28. The van der Waals surface area contributed by atoms with Gasteiger partial charge in [-0.25, -0.2) is 4.98 Å². The molecule has 1 saturated heterocycles. The number of nitrogens with one attached hydrogen (secondary N) is 3. The minimum atomic E-state index is -0.199. The summed E-state index contributed by atoms with van der Waals surface area (Å²) in [4.78, 5) is 31.3. The van der Waals surface area contributed by atoms with E-state index >= 15 is 0 Å². The lowest BCUT2D eigenvalue weighted by atomic mass is 9.92. The molecule has 0 spiro atoms. The van der Waals surface area contributed by atoms with Crippen LogP contribution >= 0.6 is 0 Å². The number of ether oxygens (including phenoxy) is 2. The number of carbonyl (C=O) groups is 1. The van der Waals surface area contributed by atoms with Gasteiger partial charge in [0.05, 0.1) is 25.0 Å². The Bertz CT molecular complexity index is 1440. The molecular formula is C26H31N7O4. The van der Waals surface area contributed by atoms with Gasteiger partial charge in [-0.15, -0.1) is 0 Å². The van der Waals surface area contributed by atoms with Gasteiger partial charge in [-0.05, 0) is 37.8 Å². The molecule has 194 valence electrons. The second kappa shape index (κ2) is 8.29. The van der Waals surface area contributed by atoms with Crippen LogP contribution in [-0.2, 0) is 9.47 Å². The standard InChI is InChI=1S/C26H31N7O4/c1-27-21-9-20(29-19-6-4-8-32(25(19)35)22-15-12-37-13-16(15)22)31-23-14(11-28-33(21)23)24(34)30-18-5-3-7-26(36-2)10-17(18)26/h4,6,8-9,11,15-18,22,27H,3,5,7,10,12-13H2,1-2H3,(H,29,31)(H,30,34)/t15-,16+,17?,18-,22?,26+/m1/s1. The van der Waals surface area contributed by atoms with Crippen LogP contribution in [0, 0.1) is 17.8 Å². The summed E-state index contributed by atoms with van der Waals surface area (Å²) in [5.74, 6) is 2.09. The molecular weight excluding hydrogens is 474 g/mol. The summed E-state index contributed by atoms with van der Waals surface area (Å²) >= 11 is 0. The maximum Gasteiger partial charge on any atom is 0.274 e. The highest BCUT2D eigenvalue weighted by molar-refractivity contribution is 6.00. The minimum Gasteiger partial charge on any atom is -0.381 e. The van der Waals surface area contributed by atoms with E-state index in [2.05, 4.69) is 21.0 Å². The Labute approximate surface area is 213 Å². The van der Waals surface area contributed by atoms with Crippen molar-refractivity contribution >= 4 is 28.9 Å². The number of hydrogen-bond acceptors (Lipinski definition) is 8. The van der Waals surface area contributed by atoms with Gasteiger partial charge in [0.15, 0.2) is 5.65 Å². The van der Waals surface area contributed by atoms with E-state index in [0.717, 1.165) is 25.7 Å². The van der Waals surface area contributed by atoms with Gasteiger partial charge >= 0.3 is 0 Å². The molecule has 3 saturated carbocycles. The number of nitrogens with zero attached hydrogens (tertiary/aromatic N) is 4. The molecule has 11 heteroatoms. The first-order chi connectivity index (χ1) is 18.0. The zero-order chi connectivity index (χ0) is 25.3. The van der Waals surface area contributed by atoms with Crippen LogP contribution in [0.25, 0.3) is 5.65 Å². The molecule has 0 radical (unpaired) electrons. The van der Waals surface area contributed by atoms with E-state index in [4.69, 9.17) is 14.5 Å². The fourth-order valence-corrected chi connectivity index (χ4v) is 6.65. The molecule has 4 aliphatic rings. The summed E-state index contributed by atoms with van der Waals surface area (Å²) in [5, 5.41) is 13.9. The molecule has 0 bridgehead atoms. The first kappa shape index (κ1) is 22.7. The summed E-state index contributed by atoms with van der Waals surface area (Å²) in [6, 6.07) is 5.67. The molecule has 7 rings (SSSR count). The van der Waals surface area contributed by atoms with E-state index in [0.29, 0.717) is 59.5 Å². The summed E-state index contributed by atoms with van der Waals surface area (Å²) in [6.45, 7) is 1.42. The molecule has 3 aromatic rings. The van der Waals surface area contributed by atoms with Crippen LogP contribution in [0.3, 0.4) is 0 Å². The van der Waals surface area contributed by atoms with Crippen molar-refractivity contribution in [1.29, 1.82) is 0 Å². The monoisotopic (exact) mass is 505 g/mol. The Morgan fingerprint density at radius 2 is 2.14 bits per heavy atom. The molecule has 6 atom stereocenters.